The van der Waals surface area contributed by atoms with Gasteiger partial charge >= 0.3 is 0 Å². The Bertz CT molecular complexity index is 1090. The molecule has 0 saturated carbocycles. The van der Waals surface area contributed by atoms with Crippen molar-refractivity contribution in [3.63, 3.8) is 0 Å². The number of carbonyl (C=O) groups excluding carboxylic acids is 2. The predicted molar refractivity (Wildman–Crippen MR) is 113 cm³/mol. The van der Waals surface area contributed by atoms with Crippen molar-refractivity contribution in [1.82, 2.24) is 15.0 Å². The zero-order chi connectivity index (χ0) is 21.1. The van der Waals surface area contributed by atoms with Gasteiger partial charge in [-0.3, -0.25) is 9.59 Å². The van der Waals surface area contributed by atoms with Crippen molar-refractivity contribution in [1.29, 1.82) is 0 Å². The molecule has 0 fully saturated rings. The highest BCUT2D eigenvalue weighted by molar-refractivity contribution is 6.31. The number of carbonyl (C=O) groups is 2. The van der Waals surface area contributed by atoms with Crippen molar-refractivity contribution >= 4 is 34.8 Å². The van der Waals surface area contributed by atoms with Crippen molar-refractivity contribution in [2.75, 3.05) is 10.6 Å². The zero-order valence-electron chi connectivity index (χ0n) is 16.7. The number of rotatable bonds is 5. The standard InChI is InChI=1S/C21H22ClN5O2/c1-12-5-8-17(14(3)9-12)23-19(28)11-27-15(4)20(25-26-27)21(29)24-18-10-16(22)7-6-13(18)2/h5-10H,11H2,1-4H3,(H,23,28)(H,24,29). The van der Waals surface area contributed by atoms with Gasteiger partial charge in [0.2, 0.25) is 5.91 Å². The van der Waals surface area contributed by atoms with Gasteiger partial charge in [-0.15, -0.1) is 5.10 Å². The molecule has 2 amide bonds. The Morgan fingerprint density at radius 1 is 0.966 bits per heavy atom. The SMILES string of the molecule is Cc1ccc(NC(=O)Cn2nnc(C(=O)Nc3cc(Cl)ccc3C)c2C)c(C)c1. The monoisotopic (exact) mass is 411 g/mol. The molecule has 2 N–H and O–H groups in total. The molecule has 150 valence electrons. The molecule has 1 heterocycles. The van der Waals surface area contributed by atoms with Crippen LogP contribution in [0.3, 0.4) is 0 Å². The molecule has 2 aromatic carbocycles. The summed E-state index contributed by atoms with van der Waals surface area (Å²) in [6.45, 7) is 7.45. The third kappa shape index (κ3) is 4.81. The first-order valence-corrected chi connectivity index (χ1v) is 9.47. The van der Waals surface area contributed by atoms with Gasteiger partial charge in [0.25, 0.3) is 5.91 Å². The molecule has 1 aromatic heterocycles. The van der Waals surface area contributed by atoms with Crippen LogP contribution >= 0.6 is 11.6 Å². The fourth-order valence-electron chi connectivity index (χ4n) is 2.91. The van der Waals surface area contributed by atoms with Gasteiger partial charge in [-0.2, -0.15) is 0 Å². The zero-order valence-corrected chi connectivity index (χ0v) is 17.5. The minimum Gasteiger partial charge on any atom is -0.324 e. The smallest absolute Gasteiger partial charge is 0.278 e. The van der Waals surface area contributed by atoms with E-state index < -0.39 is 5.91 Å². The molecule has 0 spiro atoms. The molecule has 0 aliphatic carbocycles. The summed E-state index contributed by atoms with van der Waals surface area (Å²) < 4.78 is 1.40. The van der Waals surface area contributed by atoms with E-state index in [-0.39, 0.29) is 18.1 Å². The third-order valence-corrected chi connectivity index (χ3v) is 4.83. The number of aromatic nitrogens is 3. The number of amides is 2. The molecule has 3 aromatic rings. The first-order valence-electron chi connectivity index (χ1n) is 9.09. The Hall–Kier alpha value is -3.19. The Labute approximate surface area is 174 Å². The van der Waals surface area contributed by atoms with Crippen LogP contribution in [0, 0.1) is 27.7 Å². The average molecular weight is 412 g/mol. The van der Waals surface area contributed by atoms with E-state index in [2.05, 4.69) is 20.9 Å². The van der Waals surface area contributed by atoms with Gasteiger partial charge in [0.05, 0.1) is 5.69 Å². The van der Waals surface area contributed by atoms with Crippen LogP contribution in [-0.2, 0) is 11.3 Å². The molecule has 0 saturated heterocycles. The summed E-state index contributed by atoms with van der Waals surface area (Å²) >= 11 is 6.00. The lowest BCUT2D eigenvalue weighted by Gasteiger charge is -2.10. The highest BCUT2D eigenvalue weighted by Gasteiger charge is 2.19. The second-order valence-corrected chi connectivity index (χ2v) is 7.40. The fourth-order valence-corrected chi connectivity index (χ4v) is 3.08. The van der Waals surface area contributed by atoms with E-state index in [1.807, 2.05) is 45.0 Å². The van der Waals surface area contributed by atoms with Crippen LogP contribution in [0.2, 0.25) is 5.02 Å². The van der Waals surface area contributed by atoms with Gasteiger partial charge < -0.3 is 10.6 Å². The molecular weight excluding hydrogens is 390 g/mol. The van der Waals surface area contributed by atoms with Gasteiger partial charge in [0.15, 0.2) is 5.69 Å². The second kappa shape index (κ2) is 8.45. The summed E-state index contributed by atoms with van der Waals surface area (Å²) in [5.74, 6) is -0.656. The molecule has 3 rings (SSSR count). The van der Waals surface area contributed by atoms with Crippen molar-refractivity contribution in [2.45, 2.75) is 34.2 Å². The molecule has 8 heteroatoms. The van der Waals surface area contributed by atoms with Gasteiger partial charge in [0, 0.05) is 16.4 Å². The number of hydrogen-bond donors (Lipinski definition) is 2. The van der Waals surface area contributed by atoms with Gasteiger partial charge in [-0.05, 0) is 57.0 Å². The van der Waals surface area contributed by atoms with Crippen LogP contribution in [0.5, 0.6) is 0 Å². The van der Waals surface area contributed by atoms with Gasteiger partial charge in [-0.1, -0.05) is 40.6 Å². The van der Waals surface area contributed by atoms with E-state index in [4.69, 9.17) is 11.6 Å². The molecule has 7 nitrogen and oxygen atoms in total. The van der Waals surface area contributed by atoms with Crippen molar-refractivity contribution in [3.05, 3.63) is 69.5 Å². The van der Waals surface area contributed by atoms with E-state index in [9.17, 15) is 9.59 Å². The maximum Gasteiger partial charge on any atom is 0.278 e. The van der Waals surface area contributed by atoms with Crippen LogP contribution in [0.1, 0.15) is 32.9 Å². The second-order valence-electron chi connectivity index (χ2n) is 6.96. The Morgan fingerprint density at radius 2 is 1.72 bits per heavy atom. The first-order chi connectivity index (χ1) is 13.7. The Balaban J connectivity index is 1.70. The largest absolute Gasteiger partial charge is 0.324 e. The van der Waals surface area contributed by atoms with Gasteiger partial charge in [0.1, 0.15) is 6.54 Å². The van der Waals surface area contributed by atoms with Crippen LogP contribution in [0.15, 0.2) is 36.4 Å². The maximum absolute atomic E-state index is 12.6. The number of halogens is 1. The molecule has 0 unspecified atom stereocenters. The van der Waals surface area contributed by atoms with E-state index in [0.29, 0.717) is 16.4 Å². The van der Waals surface area contributed by atoms with Crippen LogP contribution in [0.4, 0.5) is 11.4 Å². The molecule has 0 aliphatic rings. The minimum atomic E-state index is -0.408. The van der Waals surface area contributed by atoms with E-state index in [0.717, 1.165) is 22.4 Å². The predicted octanol–water partition coefficient (Wildman–Crippen LogP) is 4.06. The van der Waals surface area contributed by atoms with Gasteiger partial charge in [-0.25, -0.2) is 4.68 Å². The van der Waals surface area contributed by atoms with Crippen LogP contribution in [0.25, 0.3) is 0 Å². The summed E-state index contributed by atoms with van der Waals surface area (Å²) in [6.07, 6.45) is 0. The number of nitrogens with zero attached hydrogens (tertiary/aromatic N) is 3. The molecule has 29 heavy (non-hydrogen) atoms. The summed E-state index contributed by atoms with van der Waals surface area (Å²) in [4.78, 5) is 25.0. The number of benzene rings is 2. The molecule has 0 radical (unpaired) electrons. The highest BCUT2D eigenvalue weighted by atomic mass is 35.5. The number of hydrogen-bond acceptors (Lipinski definition) is 4. The fraction of sp³-hybridized carbons (Fsp3) is 0.238. The first kappa shape index (κ1) is 20.5. The van der Waals surface area contributed by atoms with Crippen molar-refractivity contribution in [2.24, 2.45) is 0 Å². The normalized spacial score (nSPS) is 10.7. The number of nitrogens with one attached hydrogen (secondary N) is 2. The molecule has 0 bridgehead atoms. The van der Waals surface area contributed by atoms with E-state index in [1.165, 1.54) is 4.68 Å². The number of anilines is 2. The van der Waals surface area contributed by atoms with Crippen molar-refractivity contribution < 1.29 is 9.59 Å². The summed E-state index contributed by atoms with van der Waals surface area (Å²) in [7, 11) is 0. The Morgan fingerprint density at radius 3 is 2.45 bits per heavy atom. The summed E-state index contributed by atoms with van der Waals surface area (Å²) in [5, 5.41) is 14.1. The maximum atomic E-state index is 12.6. The highest BCUT2D eigenvalue weighted by Crippen LogP contribution is 2.21. The lowest BCUT2D eigenvalue weighted by molar-refractivity contribution is -0.117. The molecule has 0 aliphatic heterocycles. The summed E-state index contributed by atoms with van der Waals surface area (Å²) in [5.41, 5.74) is 4.97. The third-order valence-electron chi connectivity index (χ3n) is 4.59. The Kier molecular flexibility index (Phi) is 5.98. The van der Waals surface area contributed by atoms with E-state index >= 15 is 0 Å². The molecule has 0 atom stereocenters. The quantitative estimate of drug-likeness (QED) is 0.662. The van der Waals surface area contributed by atoms with Crippen molar-refractivity contribution in [3.8, 4) is 0 Å². The number of aryl methyl sites for hydroxylation is 3. The lowest BCUT2D eigenvalue weighted by Crippen LogP contribution is -2.21. The van der Waals surface area contributed by atoms with E-state index in [1.54, 1.807) is 19.1 Å². The summed E-state index contributed by atoms with van der Waals surface area (Å²) in [6, 6.07) is 11.0. The minimum absolute atomic E-state index is 0.0460. The van der Waals surface area contributed by atoms with Crippen LogP contribution in [-0.4, -0.2) is 26.8 Å². The topological polar surface area (TPSA) is 88.9 Å². The van der Waals surface area contributed by atoms with Crippen LogP contribution < -0.4 is 10.6 Å². The average Bonchev–Trinajstić information content (AvgIpc) is 3.01. The lowest BCUT2D eigenvalue weighted by atomic mass is 10.1. The molecular formula is C21H22ClN5O2.